The first-order valence-electron chi connectivity index (χ1n) is 6.13. The van der Waals surface area contributed by atoms with E-state index in [1.54, 1.807) is 11.3 Å². The Labute approximate surface area is 107 Å². The van der Waals surface area contributed by atoms with Crippen LogP contribution in [-0.2, 0) is 11.3 Å². The van der Waals surface area contributed by atoms with Crippen LogP contribution in [0, 0.1) is 12.8 Å². The van der Waals surface area contributed by atoms with Gasteiger partial charge in [-0.05, 0) is 49.7 Å². The number of amides is 1. The summed E-state index contributed by atoms with van der Waals surface area (Å²) >= 11 is 1.76. The van der Waals surface area contributed by atoms with E-state index in [4.69, 9.17) is 0 Å². The minimum absolute atomic E-state index is 0.147. The van der Waals surface area contributed by atoms with Gasteiger partial charge < -0.3 is 5.32 Å². The second-order valence-electron chi connectivity index (χ2n) is 4.95. The topological polar surface area (TPSA) is 32.3 Å². The molecule has 94 valence electrons. The molecule has 1 amide bonds. The van der Waals surface area contributed by atoms with Gasteiger partial charge in [0.15, 0.2) is 0 Å². The van der Waals surface area contributed by atoms with Gasteiger partial charge in [0.2, 0.25) is 5.91 Å². The predicted octanol–water partition coefficient (Wildman–Crippen LogP) is 2.01. The Kier molecular flexibility index (Phi) is 4.18. The third-order valence-corrected chi connectivity index (χ3v) is 4.09. The molecular formula is C13H20N2OS. The highest BCUT2D eigenvalue weighted by Crippen LogP contribution is 2.27. The van der Waals surface area contributed by atoms with Crippen molar-refractivity contribution in [2.75, 3.05) is 20.1 Å². The van der Waals surface area contributed by atoms with Crippen LogP contribution >= 0.6 is 11.3 Å². The Balaban J connectivity index is 1.70. The fourth-order valence-electron chi connectivity index (χ4n) is 1.75. The van der Waals surface area contributed by atoms with Crippen molar-refractivity contribution in [1.82, 2.24) is 10.2 Å². The fraction of sp³-hybridized carbons (Fsp3) is 0.615. The van der Waals surface area contributed by atoms with Gasteiger partial charge in [-0.15, -0.1) is 11.3 Å². The van der Waals surface area contributed by atoms with Crippen LogP contribution in [0.4, 0.5) is 0 Å². The van der Waals surface area contributed by atoms with Crippen LogP contribution in [0.1, 0.15) is 23.3 Å². The van der Waals surface area contributed by atoms with Crippen molar-refractivity contribution in [3.8, 4) is 0 Å². The number of thiophene rings is 1. The van der Waals surface area contributed by atoms with E-state index in [2.05, 4.69) is 28.6 Å². The molecule has 1 heterocycles. The summed E-state index contributed by atoms with van der Waals surface area (Å²) in [6, 6.07) is 2.13. The Morgan fingerprint density at radius 3 is 2.94 bits per heavy atom. The first kappa shape index (κ1) is 12.6. The van der Waals surface area contributed by atoms with E-state index in [1.165, 1.54) is 23.3 Å². The number of nitrogens with zero attached hydrogens (tertiary/aromatic N) is 1. The molecule has 0 atom stereocenters. The van der Waals surface area contributed by atoms with Crippen molar-refractivity contribution in [3.05, 3.63) is 21.9 Å². The average Bonchev–Trinajstić information content (AvgIpc) is 3.02. The normalized spacial score (nSPS) is 15.2. The summed E-state index contributed by atoms with van der Waals surface area (Å²) < 4.78 is 0. The maximum absolute atomic E-state index is 11.6. The van der Waals surface area contributed by atoms with E-state index in [9.17, 15) is 4.79 Å². The average molecular weight is 252 g/mol. The summed E-state index contributed by atoms with van der Waals surface area (Å²) in [5.41, 5.74) is 1.32. The molecule has 2 rings (SSSR count). The fourth-order valence-corrected chi connectivity index (χ4v) is 2.73. The zero-order valence-electron chi connectivity index (χ0n) is 10.5. The van der Waals surface area contributed by atoms with Gasteiger partial charge in [0.05, 0.1) is 6.54 Å². The zero-order chi connectivity index (χ0) is 12.3. The standard InChI is InChI=1S/C13H20N2OS/c1-10-5-6-17-12(10)8-15(2)9-13(16)14-7-11-3-4-11/h5-6,11H,3-4,7-9H2,1-2H3,(H,14,16). The number of carbonyl (C=O) groups is 1. The minimum atomic E-state index is 0.147. The molecule has 1 aromatic rings. The number of carbonyl (C=O) groups excluding carboxylic acids is 1. The van der Waals surface area contributed by atoms with Crippen molar-refractivity contribution >= 4 is 17.2 Å². The third-order valence-electron chi connectivity index (χ3n) is 3.08. The second-order valence-corrected chi connectivity index (χ2v) is 5.95. The Hall–Kier alpha value is -0.870. The van der Waals surface area contributed by atoms with Gasteiger partial charge in [-0.3, -0.25) is 9.69 Å². The summed E-state index contributed by atoms with van der Waals surface area (Å²) in [6.45, 7) is 4.34. The van der Waals surface area contributed by atoms with Crippen molar-refractivity contribution in [3.63, 3.8) is 0 Å². The van der Waals surface area contributed by atoms with E-state index in [0.717, 1.165) is 19.0 Å². The first-order chi connectivity index (χ1) is 8.15. The lowest BCUT2D eigenvalue weighted by Crippen LogP contribution is -2.35. The summed E-state index contributed by atoms with van der Waals surface area (Å²) in [6.07, 6.45) is 2.56. The van der Waals surface area contributed by atoms with Crippen molar-refractivity contribution < 1.29 is 4.79 Å². The van der Waals surface area contributed by atoms with Gasteiger partial charge in [-0.25, -0.2) is 0 Å². The summed E-state index contributed by atoms with van der Waals surface area (Å²) in [7, 11) is 2.00. The molecule has 1 saturated carbocycles. The number of aryl methyl sites for hydroxylation is 1. The summed E-state index contributed by atoms with van der Waals surface area (Å²) in [4.78, 5) is 15.1. The molecule has 0 aromatic carbocycles. The molecule has 1 aliphatic carbocycles. The van der Waals surface area contributed by atoms with E-state index in [1.807, 2.05) is 7.05 Å². The maximum atomic E-state index is 11.6. The molecule has 0 bridgehead atoms. The Morgan fingerprint density at radius 2 is 2.35 bits per heavy atom. The van der Waals surface area contributed by atoms with Gasteiger partial charge in [-0.1, -0.05) is 0 Å². The van der Waals surface area contributed by atoms with E-state index in [0.29, 0.717) is 6.54 Å². The van der Waals surface area contributed by atoms with E-state index < -0.39 is 0 Å². The molecule has 1 N–H and O–H groups in total. The molecule has 1 fully saturated rings. The SMILES string of the molecule is Cc1ccsc1CN(C)CC(=O)NCC1CC1. The van der Waals surface area contributed by atoms with E-state index >= 15 is 0 Å². The molecule has 0 spiro atoms. The molecule has 1 aromatic heterocycles. The van der Waals surface area contributed by atoms with Gasteiger partial charge >= 0.3 is 0 Å². The van der Waals surface area contributed by atoms with Crippen LogP contribution in [0.25, 0.3) is 0 Å². The molecule has 4 heteroatoms. The van der Waals surface area contributed by atoms with Crippen LogP contribution < -0.4 is 5.32 Å². The largest absolute Gasteiger partial charge is 0.355 e. The monoisotopic (exact) mass is 252 g/mol. The second kappa shape index (κ2) is 5.65. The lowest BCUT2D eigenvalue weighted by Gasteiger charge is -2.15. The highest BCUT2D eigenvalue weighted by molar-refractivity contribution is 7.10. The van der Waals surface area contributed by atoms with Crippen LogP contribution in [0.15, 0.2) is 11.4 Å². The molecule has 0 saturated heterocycles. The number of rotatable bonds is 6. The number of likely N-dealkylation sites (N-methyl/N-ethyl adjacent to an activating group) is 1. The van der Waals surface area contributed by atoms with Gasteiger partial charge in [0, 0.05) is 18.0 Å². The van der Waals surface area contributed by atoms with Gasteiger partial charge in [0.25, 0.3) is 0 Å². The van der Waals surface area contributed by atoms with Crippen molar-refractivity contribution in [2.24, 2.45) is 5.92 Å². The molecule has 1 aliphatic rings. The molecule has 0 radical (unpaired) electrons. The smallest absolute Gasteiger partial charge is 0.234 e. The lowest BCUT2D eigenvalue weighted by atomic mass is 10.3. The Bertz CT molecular complexity index is 385. The van der Waals surface area contributed by atoms with Crippen LogP contribution in [0.2, 0.25) is 0 Å². The van der Waals surface area contributed by atoms with Crippen molar-refractivity contribution in [2.45, 2.75) is 26.3 Å². The van der Waals surface area contributed by atoms with Crippen LogP contribution in [0.3, 0.4) is 0 Å². The number of nitrogens with one attached hydrogen (secondary N) is 1. The predicted molar refractivity (Wildman–Crippen MR) is 71.1 cm³/mol. The number of hydrogen-bond acceptors (Lipinski definition) is 3. The molecule has 3 nitrogen and oxygen atoms in total. The van der Waals surface area contributed by atoms with Gasteiger partial charge in [0.1, 0.15) is 0 Å². The minimum Gasteiger partial charge on any atom is -0.355 e. The lowest BCUT2D eigenvalue weighted by molar-refractivity contribution is -0.122. The molecule has 0 aliphatic heterocycles. The zero-order valence-corrected chi connectivity index (χ0v) is 11.3. The highest BCUT2D eigenvalue weighted by Gasteiger charge is 2.21. The van der Waals surface area contributed by atoms with E-state index in [-0.39, 0.29) is 5.91 Å². The first-order valence-corrected chi connectivity index (χ1v) is 7.01. The number of hydrogen-bond donors (Lipinski definition) is 1. The summed E-state index contributed by atoms with van der Waals surface area (Å²) in [5, 5.41) is 5.10. The van der Waals surface area contributed by atoms with Crippen molar-refractivity contribution in [1.29, 1.82) is 0 Å². The van der Waals surface area contributed by atoms with Gasteiger partial charge in [-0.2, -0.15) is 0 Å². The summed E-state index contributed by atoms with van der Waals surface area (Å²) in [5.74, 6) is 0.900. The Morgan fingerprint density at radius 1 is 1.59 bits per heavy atom. The quantitative estimate of drug-likeness (QED) is 0.840. The highest BCUT2D eigenvalue weighted by atomic mass is 32.1. The molecule has 0 unspecified atom stereocenters. The van der Waals surface area contributed by atoms with Crippen LogP contribution in [0.5, 0.6) is 0 Å². The molecular weight excluding hydrogens is 232 g/mol. The third kappa shape index (κ3) is 4.13. The molecule has 17 heavy (non-hydrogen) atoms. The maximum Gasteiger partial charge on any atom is 0.234 e. The van der Waals surface area contributed by atoms with Crippen LogP contribution in [-0.4, -0.2) is 30.9 Å².